The molecule has 18 heavy (non-hydrogen) atoms. The van der Waals surface area contributed by atoms with Crippen molar-refractivity contribution in [3.8, 4) is 11.6 Å². The van der Waals surface area contributed by atoms with E-state index >= 15 is 0 Å². The number of ether oxygens (including phenoxy) is 2. The van der Waals surface area contributed by atoms with Crippen LogP contribution in [0.1, 0.15) is 10.4 Å². The van der Waals surface area contributed by atoms with Crippen molar-refractivity contribution in [1.29, 1.82) is 0 Å². The topological polar surface area (TPSA) is 48.4 Å². The van der Waals surface area contributed by atoms with Crippen molar-refractivity contribution >= 4 is 5.97 Å². The number of rotatable bonds is 3. The van der Waals surface area contributed by atoms with E-state index < -0.39 is 11.8 Å². The molecule has 2 rings (SSSR count). The third kappa shape index (κ3) is 2.82. The Morgan fingerprint density at radius 3 is 2.44 bits per heavy atom. The molecule has 0 amide bonds. The summed E-state index contributed by atoms with van der Waals surface area (Å²) >= 11 is 0. The highest BCUT2D eigenvalue weighted by atomic mass is 19.1. The van der Waals surface area contributed by atoms with Crippen LogP contribution >= 0.6 is 0 Å². The number of esters is 1. The van der Waals surface area contributed by atoms with Gasteiger partial charge in [-0.05, 0) is 30.3 Å². The van der Waals surface area contributed by atoms with Crippen LogP contribution in [0.3, 0.4) is 0 Å². The fraction of sp³-hybridized carbons (Fsp3) is 0.0769. The number of aromatic nitrogens is 1. The fourth-order valence-electron chi connectivity index (χ4n) is 1.32. The standard InChI is InChI=1S/C13H10FNO3/c1-17-13(16)9-2-5-11(6-3-9)18-12-7-4-10(14)8-15-12/h2-8H,1H3. The minimum atomic E-state index is -0.427. The maximum Gasteiger partial charge on any atom is 0.337 e. The van der Waals surface area contributed by atoms with E-state index in [4.69, 9.17) is 4.74 Å². The molecule has 1 aromatic carbocycles. The number of hydrogen-bond acceptors (Lipinski definition) is 4. The molecular weight excluding hydrogens is 237 g/mol. The summed E-state index contributed by atoms with van der Waals surface area (Å²) in [5.74, 6) is -0.0613. The van der Waals surface area contributed by atoms with Gasteiger partial charge in [0.25, 0.3) is 0 Å². The average Bonchev–Trinajstić information content (AvgIpc) is 2.41. The van der Waals surface area contributed by atoms with Gasteiger partial charge >= 0.3 is 5.97 Å². The summed E-state index contributed by atoms with van der Waals surface area (Å²) in [5.41, 5.74) is 0.428. The number of nitrogens with zero attached hydrogens (tertiary/aromatic N) is 1. The first-order chi connectivity index (χ1) is 8.69. The summed E-state index contributed by atoms with van der Waals surface area (Å²) < 4.78 is 22.6. The molecule has 0 aliphatic heterocycles. The Kier molecular flexibility index (Phi) is 3.52. The molecule has 0 aliphatic rings. The lowest BCUT2D eigenvalue weighted by Gasteiger charge is -2.05. The van der Waals surface area contributed by atoms with Crippen molar-refractivity contribution < 1.29 is 18.7 Å². The highest BCUT2D eigenvalue weighted by molar-refractivity contribution is 5.89. The van der Waals surface area contributed by atoms with Gasteiger partial charge in [0.1, 0.15) is 11.6 Å². The van der Waals surface area contributed by atoms with Crippen LogP contribution in [0.25, 0.3) is 0 Å². The molecule has 0 saturated heterocycles. The summed E-state index contributed by atoms with van der Waals surface area (Å²) in [4.78, 5) is 15.0. The van der Waals surface area contributed by atoms with Crippen LogP contribution in [0.2, 0.25) is 0 Å². The second kappa shape index (κ2) is 5.27. The van der Waals surface area contributed by atoms with Crippen molar-refractivity contribution in [1.82, 2.24) is 4.98 Å². The van der Waals surface area contributed by atoms with Gasteiger partial charge in [-0.1, -0.05) is 0 Å². The zero-order chi connectivity index (χ0) is 13.0. The lowest BCUT2D eigenvalue weighted by Crippen LogP contribution is -2.00. The van der Waals surface area contributed by atoms with E-state index in [1.807, 2.05) is 0 Å². The van der Waals surface area contributed by atoms with Crippen LogP contribution in [0.4, 0.5) is 4.39 Å². The minimum absolute atomic E-state index is 0.280. The van der Waals surface area contributed by atoms with Crippen molar-refractivity contribution in [3.05, 3.63) is 54.0 Å². The Labute approximate surface area is 103 Å². The van der Waals surface area contributed by atoms with E-state index in [0.29, 0.717) is 11.3 Å². The molecule has 0 bridgehead atoms. The molecule has 92 valence electrons. The van der Waals surface area contributed by atoms with E-state index in [1.165, 1.54) is 19.2 Å². The van der Waals surface area contributed by atoms with Crippen LogP contribution in [0.15, 0.2) is 42.6 Å². The van der Waals surface area contributed by atoms with Crippen LogP contribution in [-0.2, 0) is 4.74 Å². The van der Waals surface area contributed by atoms with Crippen LogP contribution in [0, 0.1) is 5.82 Å². The van der Waals surface area contributed by atoms with Gasteiger partial charge in [-0.3, -0.25) is 0 Å². The Balaban J connectivity index is 2.10. The molecule has 0 aliphatic carbocycles. The molecule has 2 aromatic rings. The summed E-state index contributed by atoms with van der Waals surface area (Å²) in [6.45, 7) is 0. The summed E-state index contributed by atoms with van der Waals surface area (Å²) in [5, 5.41) is 0. The maximum absolute atomic E-state index is 12.6. The minimum Gasteiger partial charge on any atom is -0.465 e. The average molecular weight is 247 g/mol. The third-order valence-corrected chi connectivity index (χ3v) is 2.20. The maximum atomic E-state index is 12.6. The Hall–Kier alpha value is -2.43. The largest absolute Gasteiger partial charge is 0.465 e. The molecule has 0 N–H and O–H groups in total. The van der Waals surface area contributed by atoms with Crippen LogP contribution in [0.5, 0.6) is 11.6 Å². The van der Waals surface area contributed by atoms with Gasteiger partial charge in [0.2, 0.25) is 5.88 Å². The van der Waals surface area contributed by atoms with Crippen molar-refractivity contribution in [2.75, 3.05) is 7.11 Å². The number of methoxy groups -OCH3 is 1. The lowest BCUT2D eigenvalue weighted by atomic mass is 10.2. The van der Waals surface area contributed by atoms with Crippen LogP contribution < -0.4 is 4.74 Å². The SMILES string of the molecule is COC(=O)c1ccc(Oc2ccc(F)cn2)cc1. The summed E-state index contributed by atoms with van der Waals surface area (Å²) in [6, 6.07) is 9.04. The number of benzene rings is 1. The summed E-state index contributed by atoms with van der Waals surface area (Å²) in [6.07, 6.45) is 1.07. The molecule has 1 heterocycles. The summed E-state index contributed by atoms with van der Waals surface area (Å²) in [7, 11) is 1.31. The predicted octanol–water partition coefficient (Wildman–Crippen LogP) is 2.80. The van der Waals surface area contributed by atoms with Gasteiger partial charge in [-0.25, -0.2) is 14.2 Å². The Morgan fingerprint density at radius 1 is 1.17 bits per heavy atom. The quantitative estimate of drug-likeness (QED) is 0.782. The van der Waals surface area contributed by atoms with E-state index in [1.54, 1.807) is 24.3 Å². The monoisotopic (exact) mass is 247 g/mol. The first-order valence-electron chi connectivity index (χ1n) is 5.17. The van der Waals surface area contributed by atoms with Gasteiger partial charge in [0.15, 0.2) is 0 Å². The molecule has 0 radical (unpaired) electrons. The van der Waals surface area contributed by atoms with Gasteiger partial charge in [-0.15, -0.1) is 0 Å². The molecule has 0 fully saturated rings. The molecule has 0 saturated carbocycles. The normalized spacial score (nSPS) is 9.89. The lowest BCUT2D eigenvalue weighted by molar-refractivity contribution is 0.0600. The van der Waals surface area contributed by atoms with E-state index in [9.17, 15) is 9.18 Å². The zero-order valence-electron chi connectivity index (χ0n) is 9.59. The first kappa shape index (κ1) is 12.0. The smallest absolute Gasteiger partial charge is 0.337 e. The molecule has 0 spiro atoms. The molecule has 0 unspecified atom stereocenters. The van der Waals surface area contributed by atoms with Crippen molar-refractivity contribution in [3.63, 3.8) is 0 Å². The van der Waals surface area contributed by atoms with Gasteiger partial charge < -0.3 is 9.47 Å². The third-order valence-electron chi connectivity index (χ3n) is 2.20. The highest BCUT2D eigenvalue weighted by Gasteiger charge is 2.05. The highest BCUT2D eigenvalue weighted by Crippen LogP contribution is 2.19. The van der Waals surface area contributed by atoms with Crippen molar-refractivity contribution in [2.24, 2.45) is 0 Å². The second-order valence-electron chi connectivity index (χ2n) is 3.43. The Morgan fingerprint density at radius 2 is 1.89 bits per heavy atom. The van der Waals surface area contributed by atoms with E-state index in [0.717, 1.165) is 6.20 Å². The number of carbonyl (C=O) groups is 1. The predicted molar refractivity (Wildman–Crippen MR) is 62.1 cm³/mol. The number of carbonyl (C=O) groups excluding carboxylic acids is 1. The second-order valence-corrected chi connectivity index (χ2v) is 3.43. The number of hydrogen-bond donors (Lipinski definition) is 0. The van der Waals surface area contributed by atoms with Gasteiger partial charge in [0.05, 0.1) is 18.9 Å². The Bertz CT molecular complexity index is 537. The number of halogens is 1. The first-order valence-corrected chi connectivity index (χ1v) is 5.17. The van der Waals surface area contributed by atoms with Crippen molar-refractivity contribution in [2.45, 2.75) is 0 Å². The molecule has 4 nitrogen and oxygen atoms in total. The molecule has 5 heteroatoms. The van der Waals surface area contributed by atoms with Gasteiger partial charge in [0, 0.05) is 6.07 Å². The molecule has 0 atom stereocenters. The number of pyridine rings is 1. The fourth-order valence-corrected chi connectivity index (χ4v) is 1.32. The molecule has 1 aromatic heterocycles. The molecular formula is C13H10FNO3. The zero-order valence-corrected chi connectivity index (χ0v) is 9.59. The van der Waals surface area contributed by atoms with E-state index in [-0.39, 0.29) is 5.88 Å². The van der Waals surface area contributed by atoms with Gasteiger partial charge in [-0.2, -0.15) is 0 Å². The van der Waals surface area contributed by atoms with E-state index in [2.05, 4.69) is 9.72 Å². The van der Waals surface area contributed by atoms with Crippen LogP contribution in [-0.4, -0.2) is 18.1 Å².